The van der Waals surface area contributed by atoms with Gasteiger partial charge in [0.25, 0.3) is 0 Å². The van der Waals surface area contributed by atoms with Crippen LogP contribution in [0.3, 0.4) is 0 Å². The molecule has 3 unspecified atom stereocenters. The summed E-state index contributed by atoms with van der Waals surface area (Å²) in [6, 6.07) is 0. The Morgan fingerprint density at radius 2 is 1.88 bits per heavy atom. The van der Waals surface area contributed by atoms with Gasteiger partial charge in [0.2, 0.25) is 0 Å². The minimum absolute atomic E-state index is 0.00532. The first-order chi connectivity index (χ1) is 7.49. The second-order valence-electron chi connectivity index (χ2n) is 4.58. The summed E-state index contributed by atoms with van der Waals surface area (Å²) in [7, 11) is 0. The van der Waals surface area contributed by atoms with Crippen LogP contribution in [0.1, 0.15) is 40.0 Å². The summed E-state index contributed by atoms with van der Waals surface area (Å²) in [5, 5.41) is 0. The molecule has 3 atom stereocenters. The summed E-state index contributed by atoms with van der Waals surface area (Å²) in [4.78, 5) is 21.6. The number of ether oxygens (including phenoxy) is 2. The molecular formula is C12H20O4. The Morgan fingerprint density at radius 1 is 1.19 bits per heavy atom. The Kier molecular flexibility index (Phi) is 4.77. The van der Waals surface area contributed by atoms with Crippen LogP contribution in [0.15, 0.2) is 0 Å². The molecule has 0 aromatic heterocycles. The van der Waals surface area contributed by atoms with Gasteiger partial charge in [-0.3, -0.25) is 9.59 Å². The van der Waals surface area contributed by atoms with Gasteiger partial charge in [0.1, 0.15) is 6.10 Å². The molecule has 0 heterocycles. The largest absolute Gasteiger partial charge is 0.466 e. The molecule has 0 amide bonds. The number of hydrogen-bond donors (Lipinski definition) is 0. The van der Waals surface area contributed by atoms with E-state index < -0.39 is 0 Å². The van der Waals surface area contributed by atoms with Crippen LogP contribution in [-0.4, -0.2) is 24.6 Å². The molecule has 0 bridgehead atoms. The summed E-state index contributed by atoms with van der Waals surface area (Å²) in [5.41, 5.74) is 0. The highest BCUT2D eigenvalue weighted by molar-refractivity contribution is 5.66. The monoisotopic (exact) mass is 228 g/mol. The van der Waals surface area contributed by atoms with E-state index in [1.54, 1.807) is 0 Å². The smallest absolute Gasteiger partial charge is 0.302 e. The number of hydrogen-bond acceptors (Lipinski definition) is 4. The summed E-state index contributed by atoms with van der Waals surface area (Å²) in [5.74, 6) is 0.348. The number of rotatable bonds is 3. The Hall–Kier alpha value is -1.06. The maximum absolute atomic E-state index is 10.9. The molecule has 1 rings (SSSR count). The molecule has 1 fully saturated rings. The van der Waals surface area contributed by atoms with Crippen molar-refractivity contribution in [1.29, 1.82) is 0 Å². The van der Waals surface area contributed by atoms with E-state index in [4.69, 9.17) is 9.47 Å². The third-order valence-corrected chi connectivity index (χ3v) is 3.15. The van der Waals surface area contributed by atoms with E-state index in [0.29, 0.717) is 18.4 Å². The van der Waals surface area contributed by atoms with Crippen LogP contribution < -0.4 is 0 Å². The van der Waals surface area contributed by atoms with Gasteiger partial charge in [-0.1, -0.05) is 6.92 Å². The lowest BCUT2D eigenvalue weighted by Crippen LogP contribution is -2.32. The predicted molar refractivity (Wildman–Crippen MR) is 58.7 cm³/mol. The fourth-order valence-electron chi connectivity index (χ4n) is 2.17. The molecule has 16 heavy (non-hydrogen) atoms. The molecule has 0 aromatic carbocycles. The summed E-state index contributed by atoms with van der Waals surface area (Å²) < 4.78 is 10.2. The zero-order valence-corrected chi connectivity index (χ0v) is 10.2. The first kappa shape index (κ1) is 13.0. The first-order valence-electron chi connectivity index (χ1n) is 5.79. The highest BCUT2D eigenvalue weighted by Gasteiger charge is 2.29. The summed E-state index contributed by atoms with van der Waals surface area (Å²) >= 11 is 0. The SMILES string of the molecule is CC(=O)OCC1CC(OC(C)=O)CCC1C. The molecule has 1 saturated carbocycles. The Morgan fingerprint density at radius 3 is 2.44 bits per heavy atom. The third kappa shape index (κ3) is 4.21. The highest BCUT2D eigenvalue weighted by Crippen LogP contribution is 2.31. The molecule has 0 aromatic rings. The van der Waals surface area contributed by atoms with Crippen LogP contribution in [0.4, 0.5) is 0 Å². The quantitative estimate of drug-likeness (QED) is 0.692. The van der Waals surface area contributed by atoms with Crippen LogP contribution in [-0.2, 0) is 19.1 Å². The van der Waals surface area contributed by atoms with Crippen LogP contribution >= 0.6 is 0 Å². The first-order valence-corrected chi connectivity index (χ1v) is 5.79. The van der Waals surface area contributed by atoms with Gasteiger partial charge in [0.05, 0.1) is 6.61 Å². The van der Waals surface area contributed by atoms with Crippen LogP contribution in [0.25, 0.3) is 0 Å². The lowest BCUT2D eigenvalue weighted by atomic mass is 9.79. The molecular weight excluding hydrogens is 208 g/mol. The minimum atomic E-state index is -0.248. The molecule has 1 aliphatic carbocycles. The zero-order chi connectivity index (χ0) is 12.1. The van der Waals surface area contributed by atoms with E-state index in [9.17, 15) is 9.59 Å². The Balaban J connectivity index is 2.41. The number of esters is 2. The standard InChI is InChI=1S/C12H20O4/c1-8-4-5-12(16-10(3)14)6-11(8)7-15-9(2)13/h8,11-12H,4-7H2,1-3H3. The Labute approximate surface area is 96.3 Å². The van der Waals surface area contributed by atoms with Crippen molar-refractivity contribution in [3.8, 4) is 0 Å². The van der Waals surface area contributed by atoms with Crippen molar-refractivity contribution < 1.29 is 19.1 Å². The van der Waals surface area contributed by atoms with Crippen molar-refractivity contribution in [2.45, 2.75) is 46.1 Å². The van der Waals surface area contributed by atoms with Gasteiger partial charge in [-0.15, -0.1) is 0 Å². The van der Waals surface area contributed by atoms with Crippen LogP contribution in [0.5, 0.6) is 0 Å². The molecule has 0 saturated heterocycles. The van der Waals surface area contributed by atoms with E-state index in [1.807, 2.05) is 0 Å². The van der Waals surface area contributed by atoms with E-state index in [1.165, 1.54) is 13.8 Å². The van der Waals surface area contributed by atoms with Gasteiger partial charge in [0.15, 0.2) is 0 Å². The molecule has 0 N–H and O–H groups in total. The van der Waals surface area contributed by atoms with Crippen molar-refractivity contribution in [3.63, 3.8) is 0 Å². The fourth-order valence-corrected chi connectivity index (χ4v) is 2.17. The average Bonchev–Trinajstić information content (AvgIpc) is 2.18. The summed E-state index contributed by atoms with van der Waals surface area (Å²) in [6.45, 7) is 5.43. The van der Waals surface area contributed by atoms with Crippen molar-refractivity contribution in [2.24, 2.45) is 11.8 Å². The topological polar surface area (TPSA) is 52.6 Å². The van der Waals surface area contributed by atoms with Crippen LogP contribution in [0.2, 0.25) is 0 Å². The van der Waals surface area contributed by atoms with E-state index in [0.717, 1.165) is 19.3 Å². The molecule has 1 aliphatic rings. The lowest BCUT2D eigenvalue weighted by molar-refractivity contribution is -0.152. The van der Waals surface area contributed by atoms with Crippen molar-refractivity contribution in [3.05, 3.63) is 0 Å². The number of carbonyl (C=O) groups is 2. The van der Waals surface area contributed by atoms with Crippen molar-refractivity contribution in [1.82, 2.24) is 0 Å². The van der Waals surface area contributed by atoms with Gasteiger partial charge < -0.3 is 9.47 Å². The number of carbonyl (C=O) groups excluding carboxylic acids is 2. The van der Waals surface area contributed by atoms with E-state index in [-0.39, 0.29) is 18.0 Å². The van der Waals surface area contributed by atoms with E-state index in [2.05, 4.69) is 6.92 Å². The molecule has 4 heteroatoms. The second-order valence-corrected chi connectivity index (χ2v) is 4.58. The van der Waals surface area contributed by atoms with Gasteiger partial charge in [0, 0.05) is 13.8 Å². The maximum atomic E-state index is 10.9. The average molecular weight is 228 g/mol. The summed E-state index contributed by atoms with van der Waals surface area (Å²) in [6.07, 6.45) is 2.73. The molecule has 0 spiro atoms. The lowest BCUT2D eigenvalue weighted by Gasteiger charge is -2.33. The van der Waals surface area contributed by atoms with Gasteiger partial charge in [-0.05, 0) is 31.1 Å². The van der Waals surface area contributed by atoms with Gasteiger partial charge in [-0.2, -0.15) is 0 Å². The van der Waals surface area contributed by atoms with Crippen LogP contribution in [0, 0.1) is 11.8 Å². The highest BCUT2D eigenvalue weighted by atomic mass is 16.5. The molecule has 4 nitrogen and oxygen atoms in total. The van der Waals surface area contributed by atoms with E-state index >= 15 is 0 Å². The fraction of sp³-hybridized carbons (Fsp3) is 0.833. The Bertz CT molecular complexity index is 262. The van der Waals surface area contributed by atoms with Crippen molar-refractivity contribution >= 4 is 11.9 Å². The predicted octanol–water partition coefficient (Wildman–Crippen LogP) is 1.92. The van der Waals surface area contributed by atoms with Gasteiger partial charge in [-0.25, -0.2) is 0 Å². The zero-order valence-electron chi connectivity index (χ0n) is 10.2. The van der Waals surface area contributed by atoms with Crippen molar-refractivity contribution in [2.75, 3.05) is 6.61 Å². The van der Waals surface area contributed by atoms with Gasteiger partial charge >= 0.3 is 11.9 Å². The second kappa shape index (κ2) is 5.87. The maximum Gasteiger partial charge on any atom is 0.302 e. The molecule has 92 valence electrons. The third-order valence-electron chi connectivity index (χ3n) is 3.15. The minimum Gasteiger partial charge on any atom is -0.466 e. The molecule has 0 radical (unpaired) electrons. The molecule has 0 aliphatic heterocycles. The normalized spacial score (nSPS) is 29.6.